The van der Waals surface area contributed by atoms with Crippen molar-refractivity contribution in [2.45, 2.75) is 5.75 Å². The predicted molar refractivity (Wildman–Crippen MR) is 54.7 cm³/mol. The van der Waals surface area contributed by atoms with Crippen LogP contribution >= 0.6 is 21.2 Å². The van der Waals surface area contributed by atoms with Crippen LogP contribution in [-0.4, -0.2) is 13.5 Å². The van der Waals surface area contributed by atoms with Crippen molar-refractivity contribution >= 4 is 28.2 Å². The van der Waals surface area contributed by atoms with Crippen LogP contribution in [0.5, 0.6) is 5.75 Å². The number of benzene rings is 1. The lowest BCUT2D eigenvalue weighted by Crippen LogP contribution is -1.96. The quantitative estimate of drug-likeness (QED) is 0.664. The van der Waals surface area contributed by atoms with Gasteiger partial charge in [-0.1, -0.05) is 0 Å². The van der Waals surface area contributed by atoms with E-state index in [2.05, 4.69) is 0 Å². The van der Waals surface area contributed by atoms with Crippen LogP contribution in [0.2, 0.25) is 0 Å². The Morgan fingerprint density at radius 3 is 2.07 bits per heavy atom. The number of hydrogen-bond donors (Lipinski definition) is 1. The Hall–Kier alpha value is -0.440. The van der Waals surface area contributed by atoms with E-state index in [-0.39, 0.29) is 5.56 Å². The van der Waals surface area contributed by atoms with Crippen LogP contribution in [0.1, 0.15) is 5.56 Å². The molecule has 14 heavy (non-hydrogen) atoms. The molecule has 0 fully saturated rings. The van der Waals surface area contributed by atoms with E-state index in [1.54, 1.807) is 0 Å². The maximum Gasteiger partial charge on any atom is 0.207 e. The number of phenols is 1. The summed E-state index contributed by atoms with van der Waals surface area (Å²) in [6.07, 6.45) is 0. The van der Waals surface area contributed by atoms with Crippen LogP contribution in [0.4, 0.5) is 8.78 Å². The number of aromatic hydroxyl groups is 1. The molecule has 0 bridgehead atoms. The lowest BCUT2D eigenvalue weighted by Gasteiger charge is -2.01. The summed E-state index contributed by atoms with van der Waals surface area (Å²) in [6, 6.07) is 1.57. The molecular weight excluding hydrogens is 329 g/mol. The highest BCUT2D eigenvalue weighted by Gasteiger charge is 2.13. The van der Waals surface area contributed by atoms with Crippen molar-refractivity contribution in [3.63, 3.8) is 0 Å². The number of hydrogen-bond acceptors (Lipinski definition) is 3. The lowest BCUT2D eigenvalue weighted by atomic mass is 10.2. The fourth-order valence-electron chi connectivity index (χ4n) is 0.900. The van der Waals surface area contributed by atoms with E-state index < -0.39 is 30.1 Å². The van der Waals surface area contributed by atoms with Gasteiger partial charge in [0.15, 0.2) is 17.4 Å². The smallest absolute Gasteiger partial charge is 0.207 e. The summed E-state index contributed by atoms with van der Waals surface area (Å²) >= 11 is 1.18. The Bertz CT molecular complexity index is 435. The first-order chi connectivity index (χ1) is 6.29. The second-order valence-electron chi connectivity index (χ2n) is 2.59. The van der Waals surface area contributed by atoms with Gasteiger partial charge in [-0.15, -0.1) is 0 Å². The van der Waals surface area contributed by atoms with E-state index in [1.165, 1.54) is 21.2 Å². The molecule has 0 aliphatic heterocycles. The third kappa shape index (κ3) is 3.05. The van der Waals surface area contributed by atoms with E-state index in [1.807, 2.05) is 0 Å². The molecule has 0 heterocycles. The molecule has 1 aromatic rings. The summed E-state index contributed by atoms with van der Waals surface area (Å²) in [7, 11) is -3.37. The third-order valence-corrected chi connectivity index (χ3v) is 3.03. The Morgan fingerprint density at radius 2 is 1.71 bits per heavy atom. The van der Waals surface area contributed by atoms with E-state index in [0.717, 1.165) is 12.1 Å². The van der Waals surface area contributed by atoms with Crippen molar-refractivity contribution in [2.75, 3.05) is 0 Å². The zero-order valence-corrected chi connectivity index (χ0v) is 9.64. The molecule has 7 heteroatoms. The molecule has 0 unspecified atom stereocenters. The van der Waals surface area contributed by atoms with Gasteiger partial charge < -0.3 is 5.11 Å². The zero-order chi connectivity index (χ0) is 10.9. The highest BCUT2D eigenvalue weighted by Crippen LogP contribution is 2.23. The molecule has 1 rings (SSSR count). The Balaban J connectivity index is 3.14. The molecular formula is C7H5F2IO3S. The monoisotopic (exact) mass is 334 g/mol. The van der Waals surface area contributed by atoms with Crippen molar-refractivity contribution in [2.24, 2.45) is 0 Å². The van der Waals surface area contributed by atoms with Crippen LogP contribution in [-0.2, 0) is 12.8 Å². The second-order valence-corrected chi connectivity index (χ2v) is 7.98. The van der Waals surface area contributed by atoms with E-state index in [4.69, 9.17) is 5.11 Å². The molecule has 0 aliphatic rings. The molecule has 1 aromatic carbocycles. The van der Waals surface area contributed by atoms with Gasteiger partial charge in [0.1, 0.15) is 0 Å². The average Bonchev–Trinajstić information content (AvgIpc) is 1.96. The minimum Gasteiger partial charge on any atom is -0.503 e. The molecule has 1 N–H and O–H groups in total. The Morgan fingerprint density at radius 1 is 1.29 bits per heavy atom. The third-order valence-electron chi connectivity index (χ3n) is 1.42. The summed E-state index contributed by atoms with van der Waals surface area (Å²) in [5, 5.41) is 8.73. The van der Waals surface area contributed by atoms with Crippen molar-refractivity contribution < 1.29 is 22.3 Å². The summed E-state index contributed by atoms with van der Waals surface area (Å²) in [5.74, 6) is -3.90. The molecule has 78 valence electrons. The SMILES string of the molecule is O=S(=O)(I)Cc1cc(F)c(O)c(F)c1. The molecule has 3 nitrogen and oxygen atoms in total. The topological polar surface area (TPSA) is 54.4 Å². The minimum absolute atomic E-state index is 0.0350. The Labute approximate surface area is 91.3 Å². The second kappa shape index (κ2) is 3.97. The van der Waals surface area contributed by atoms with E-state index in [9.17, 15) is 17.2 Å². The van der Waals surface area contributed by atoms with Crippen LogP contribution < -0.4 is 0 Å². The first kappa shape index (κ1) is 11.6. The lowest BCUT2D eigenvalue weighted by molar-refractivity contribution is 0.395. The summed E-state index contributed by atoms with van der Waals surface area (Å²) in [6.45, 7) is 0. The largest absolute Gasteiger partial charge is 0.503 e. The first-order valence-corrected chi connectivity index (χ1v) is 7.58. The molecule has 0 spiro atoms. The highest BCUT2D eigenvalue weighted by atomic mass is 127. The molecule has 0 atom stereocenters. The van der Waals surface area contributed by atoms with Gasteiger partial charge in [0.05, 0.1) is 27.0 Å². The normalized spacial score (nSPS) is 11.6. The highest BCUT2D eigenvalue weighted by molar-refractivity contribution is 14.2. The summed E-state index contributed by atoms with van der Waals surface area (Å²) in [4.78, 5) is 0. The fourth-order valence-corrected chi connectivity index (χ4v) is 2.54. The molecule has 0 aliphatic carbocycles. The van der Waals surface area contributed by atoms with Gasteiger partial charge in [-0.2, -0.15) is 0 Å². The summed E-state index contributed by atoms with van der Waals surface area (Å²) < 4.78 is 47.0. The molecule has 0 saturated carbocycles. The van der Waals surface area contributed by atoms with Crippen molar-refractivity contribution in [1.29, 1.82) is 0 Å². The van der Waals surface area contributed by atoms with Gasteiger partial charge in [-0.3, -0.25) is 0 Å². The van der Waals surface area contributed by atoms with Gasteiger partial charge in [-0.25, -0.2) is 17.2 Å². The molecule has 0 aromatic heterocycles. The van der Waals surface area contributed by atoms with Crippen molar-refractivity contribution in [1.82, 2.24) is 0 Å². The average molecular weight is 334 g/mol. The van der Waals surface area contributed by atoms with Gasteiger partial charge in [0.25, 0.3) is 0 Å². The van der Waals surface area contributed by atoms with Crippen molar-refractivity contribution in [3.05, 3.63) is 29.3 Å². The fraction of sp³-hybridized carbons (Fsp3) is 0.143. The number of halogens is 3. The zero-order valence-electron chi connectivity index (χ0n) is 6.67. The first-order valence-electron chi connectivity index (χ1n) is 3.39. The van der Waals surface area contributed by atoms with Crippen LogP contribution in [0, 0.1) is 11.6 Å². The van der Waals surface area contributed by atoms with Gasteiger partial charge in [0, 0.05) is 0 Å². The van der Waals surface area contributed by atoms with Gasteiger partial charge in [0.2, 0.25) is 7.01 Å². The van der Waals surface area contributed by atoms with Gasteiger partial charge in [-0.05, 0) is 17.7 Å². The minimum atomic E-state index is -3.37. The maximum atomic E-state index is 12.7. The van der Waals surface area contributed by atoms with Crippen molar-refractivity contribution in [3.8, 4) is 5.75 Å². The number of rotatable bonds is 2. The molecule has 0 radical (unpaired) electrons. The van der Waals surface area contributed by atoms with E-state index in [0.29, 0.717) is 0 Å². The maximum absolute atomic E-state index is 12.7. The molecule has 0 amide bonds. The summed E-state index contributed by atoms with van der Waals surface area (Å²) in [5.41, 5.74) is -0.0350. The van der Waals surface area contributed by atoms with Crippen LogP contribution in [0.25, 0.3) is 0 Å². The van der Waals surface area contributed by atoms with Gasteiger partial charge >= 0.3 is 0 Å². The number of phenolic OH excluding ortho intramolecular Hbond substituents is 1. The predicted octanol–water partition coefficient (Wildman–Crippen LogP) is 1.94. The van der Waals surface area contributed by atoms with Crippen LogP contribution in [0.3, 0.4) is 0 Å². The molecule has 0 saturated heterocycles. The Kier molecular flexibility index (Phi) is 3.30. The standard InChI is InChI=1S/C7H5F2IO3S/c8-5-1-4(3-14(10,12)13)2-6(9)7(5)11/h1-2,11H,3H2. The van der Waals surface area contributed by atoms with E-state index >= 15 is 0 Å². The van der Waals surface area contributed by atoms with Crippen LogP contribution in [0.15, 0.2) is 12.1 Å².